The van der Waals surface area contributed by atoms with Crippen LogP contribution >= 0.6 is 11.6 Å². The molecule has 0 unspecified atom stereocenters. The maximum absolute atomic E-state index is 13.3. The number of benzene rings is 3. The number of hydrogen-bond donors (Lipinski definition) is 1. The van der Waals surface area contributed by atoms with Crippen LogP contribution in [0.25, 0.3) is 17.0 Å². The third-order valence-corrected chi connectivity index (χ3v) is 7.36. The van der Waals surface area contributed by atoms with Crippen molar-refractivity contribution >= 4 is 55.9 Å². The summed E-state index contributed by atoms with van der Waals surface area (Å²) in [6, 6.07) is 18.6. The van der Waals surface area contributed by atoms with E-state index in [0.717, 1.165) is 15.6 Å². The minimum absolute atomic E-state index is 0.0710. The highest BCUT2D eigenvalue weighted by molar-refractivity contribution is 7.90. The van der Waals surface area contributed by atoms with Crippen molar-refractivity contribution in [3.05, 3.63) is 105 Å². The van der Waals surface area contributed by atoms with E-state index in [2.05, 4.69) is 5.32 Å². The number of para-hydroxylation sites is 1. The number of amides is 1. The molecule has 1 amide bonds. The van der Waals surface area contributed by atoms with Gasteiger partial charge < -0.3 is 5.32 Å². The molecule has 0 bridgehead atoms. The number of nitro groups is 1. The molecule has 9 nitrogen and oxygen atoms in total. The molecule has 0 aliphatic rings. The third-order valence-electron chi connectivity index (χ3n) is 5.35. The molecule has 3 aromatic carbocycles. The molecule has 0 fully saturated rings. The van der Waals surface area contributed by atoms with Gasteiger partial charge in [0.2, 0.25) is 0 Å². The summed E-state index contributed by atoms with van der Waals surface area (Å²) in [5, 5.41) is 23.6. The van der Waals surface area contributed by atoms with Crippen LogP contribution in [0.2, 0.25) is 5.02 Å². The molecule has 36 heavy (non-hydrogen) atoms. The van der Waals surface area contributed by atoms with Gasteiger partial charge in [0, 0.05) is 28.9 Å². The van der Waals surface area contributed by atoms with Crippen molar-refractivity contribution in [3.8, 4) is 6.07 Å². The Morgan fingerprint density at radius 2 is 1.83 bits per heavy atom. The molecule has 0 atom stereocenters. The van der Waals surface area contributed by atoms with Gasteiger partial charge in [-0.3, -0.25) is 14.9 Å². The average Bonchev–Trinajstić information content (AvgIpc) is 3.23. The molecule has 4 rings (SSSR count). The molecule has 180 valence electrons. The van der Waals surface area contributed by atoms with Crippen LogP contribution in [0, 0.1) is 28.4 Å². The van der Waals surface area contributed by atoms with Crippen LogP contribution in [0.1, 0.15) is 11.1 Å². The third kappa shape index (κ3) is 4.70. The van der Waals surface area contributed by atoms with Crippen molar-refractivity contribution in [1.29, 1.82) is 5.26 Å². The Morgan fingerprint density at radius 1 is 1.14 bits per heavy atom. The van der Waals surface area contributed by atoms with E-state index in [-0.39, 0.29) is 21.2 Å². The summed E-state index contributed by atoms with van der Waals surface area (Å²) in [5.41, 5.74) is 0.947. The second-order valence-electron chi connectivity index (χ2n) is 7.76. The topological polar surface area (TPSA) is 135 Å². The standard InChI is InChI=1S/C25H17ClN4O5S/c1-16-6-9-20(10-7-16)36(34,35)29-15-18(21-4-2-3-5-23(21)29)12-17(14-27)25(31)28-19-8-11-22(26)24(13-19)30(32)33/h2-13,15H,1H3,(H,28,31). The van der Waals surface area contributed by atoms with Gasteiger partial charge in [0.15, 0.2) is 0 Å². The molecular formula is C25H17ClN4O5S. The van der Waals surface area contributed by atoms with E-state index in [1.807, 2.05) is 6.92 Å². The van der Waals surface area contributed by atoms with Gasteiger partial charge in [0.05, 0.1) is 15.3 Å². The largest absolute Gasteiger partial charge is 0.321 e. The first kappa shape index (κ1) is 24.7. The fourth-order valence-electron chi connectivity index (χ4n) is 3.55. The lowest BCUT2D eigenvalue weighted by Crippen LogP contribution is -2.13. The van der Waals surface area contributed by atoms with E-state index in [0.29, 0.717) is 16.5 Å². The summed E-state index contributed by atoms with van der Waals surface area (Å²) < 4.78 is 27.8. The maximum atomic E-state index is 13.3. The van der Waals surface area contributed by atoms with Gasteiger partial charge in [-0.1, -0.05) is 47.5 Å². The highest BCUT2D eigenvalue weighted by Crippen LogP contribution is 2.29. The number of halogens is 1. The zero-order chi connectivity index (χ0) is 26.0. The zero-order valence-electron chi connectivity index (χ0n) is 18.7. The number of nitrogens with one attached hydrogen (secondary N) is 1. The molecule has 0 radical (unpaired) electrons. The summed E-state index contributed by atoms with van der Waals surface area (Å²) >= 11 is 5.80. The summed E-state index contributed by atoms with van der Waals surface area (Å²) in [7, 11) is -3.96. The average molecular weight is 521 g/mol. The number of nitro benzene ring substituents is 1. The second kappa shape index (κ2) is 9.65. The Bertz CT molecular complexity index is 1700. The van der Waals surface area contributed by atoms with E-state index < -0.39 is 26.5 Å². The van der Waals surface area contributed by atoms with Crippen molar-refractivity contribution in [2.75, 3.05) is 5.32 Å². The van der Waals surface area contributed by atoms with E-state index in [4.69, 9.17) is 11.6 Å². The Labute approximate surface area is 211 Å². The molecule has 0 spiro atoms. The van der Waals surface area contributed by atoms with E-state index >= 15 is 0 Å². The lowest BCUT2D eigenvalue weighted by molar-refractivity contribution is -0.384. The molecule has 1 aromatic heterocycles. The molecule has 0 saturated heterocycles. The number of carbonyl (C=O) groups is 1. The minimum atomic E-state index is -3.96. The maximum Gasteiger partial charge on any atom is 0.289 e. The highest BCUT2D eigenvalue weighted by atomic mass is 35.5. The van der Waals surface area contributed by atoms with Gasteiger partial charge in [0.1, 0.15) is 16.7 Å². The number of nitrogens with zero attached hydrogens (tertiary/aromatic N) is 3. The quantitative estimate of drug-likeness (QED) is 0.159. The highest BCUT2D eigenvalue weighted by Gasteiger charge is 2.22. The van der Waals surface area contributed by atoms with Crippen LogP contribution in [0.3, 0.4) is 0 Å². The molecule has 0 aliphatic carbocycles. The number of aryl methyl sites for hydroxylation is 1. The number of anilines is 1. The number of carbonyl (C=O) groups excluding carboxylic acids is 1. The van der Waals surface area contributed by atoms with Crippen molar-refractivity contribution in [2.45, 2.75) is 11.8 Å². The van der Waals surface area contributed by atoms with Crippen LogP contribution in [-0.2, 0) is 14.8 Å². The first-order valence-electron chi connectivity index (χ1n) is 10.4. The Balaban J connectivity index is 1.75. The number of rotatable bonds is 6. The number of nitriles is 1. The first-order valence-corrected chi connectivity index (χ1v) is 12.2. The van der Waals surface area contributed by atoms with Gasteiger partial charge in [-0.15, -0.1) is 0 Å². The Kier molecular flexibility index (Phi) is 6.61. The van der Waals surface area contributed by atoms with Gasteiger partial charge in [-0.05, 0) is 43.3 Å². The number of fused-ring (bicyclic) bond motifs is 1. The lowest BCUT2D eigenvalue weighted by atomic mass is 10.1. The summed E-state index contributed by atoms with van der Waals surface area (Å²) in [5.74, 6) is -0.827. The van der Waals surface area contributed by atoms with Gasteiger partial charge >= 0.3 is 0 Å². The molecular weight excluding hydrogens is 504 g/mol. The van der Waals surface area contributed by atoms with Crippen molar-refractivity contribution in [3.63, 3.8) is 0 Å². The van der Waals surface area contributed by atoms with Crippen molar-refractivity contribution < 1.29 is 18.1 Å². The Morgan fingerprint density at radius 3 is 2.50 bits per heavy atom. The van der Waals surface area contributed by atoms with Crippen LogP contribution in [0.5, 0.6) is 0 Å². The van der Waals surface area contributed by atoms with Crippen LogP contribution in [0.15, 0.2) is 83.4 Å². The summed E-state index contributed by atoms with van der Waals surface area (Å²) in [4.78, 5) is 23.3. The molecule has 1 heterocycles. The number of aromatic nitrogens is 1. The fourth-order valence-corrected chi connectivity index (χ4v) is 5.11. The fraction of sp³-hybridized carbons (Fsp3) is 0.0400. The van der Waals surface area contributed by atoms with Crippen LogP contribution in [0.4, 0.5) is 11.4 Å². The monoisotopic (exact) mass is 520 g/mol. The molecule has 1 N–H and O–H groups in total. The predicted molar refractivity (Wildman–Crippen MR) is 136 cm³/mol. The summed E-state index contributed by atoms with van der Waals surface area (Å²) in [6.45, 7) is 1.85. The predicted octanol–water partition coefficient (Wildman–Crippen LogP) is 5.29. The normalized spacial score (nSPS) is 11.8. The Hall–Kier alpha value is -4.46. The smallest absolute Gasteiger partial charge is 0.289 e. The van der Waals surface area contributed by atoms with Crippen molar-refractivity contribution in [1.82, 2.24) is 3.97 Å². The van der Waals surface area contributed by atoms with Crippen LogP contribution in [-0.4, -0.2) is 23.2 Å². The molecule has 4 aromatic rings. The lowest BCUT2D eigenvalue weighted by Gasteiger charge is -2.07. The first-order chi connectivity index (χ1) is 17.1. The van der Waals surface area contributed by atoms with E-state index in [1.54, 1.807) is 42.5 Å². The second-order valence-corrected chi connectivity index (χ2v) is 9.98. The van der Waals surface area contributed by atoms with E-state index in [9.17, 15) is 28.6 Å². The van der Waals surface area contributed by atoms with Gasteiger partial charge in [-0.25, -0.2) is 12.4 Å². The molecule has 11 heteroatoms. The van der Waals surface area contributed by atoms with Crippen molar-refractivity contribution in [2.24, 2.45) is 0 Å². The van der Waals surface area contributed by atoms with E-state index in [1.165, 1.54) is 36.5 Å². The number of hydrogen-bond acceptors (Lipinski definition) is 6. The zero-order valence-corrected chi connectivity index (χ0v) is 20.2. The van der Waals surface area contributed by atoms with Gasteiger partial charge in [-0.2, -0.15) is 5.26 Å². The molecule has 0 aliphatic heterocycles. The summed E-state index contributed by atoms with van der Waals surface area (Å²) in [6.07, 6.45) is 2.61. The minimum Gasteiger partial charge on any atom is -0.321 e. The molecule has 0 saturated carbocycles. The van der Waals surface area contributed by atoms with Crippen LogP contribution < -0.4 is 5.32 Å². The SMILES string of the molecule is Cc1ccc(S(=O)(=O)n2cc(C=C(C#N)C(=O)Nc3ccc(Cl)c([N+](=O)[O-])c3)c3ccccc32)cc1. The van der Waals surface area contributed by atoms with Gasteiger partial charge in [0.25, 0.3) is 21.6 Å².